The number of nitrogens with zero attached hydrogens (tertiary/aromatic N) is 2. The maximum atomic E-state index is 12.6. The average molecular weight is 418 g/mol. The van der Waals surface area contributed by atoms with Gasteiger partial charge in [0.2, 0.25) is 0 Å². The summed E-state index contributed by atoms with van der Waals surface area (Å²) in [5.74, 6) is -0.136. The van der Waals surface area contributed by atoms with E-state index in [2.05, 4.69) is 21.0 Å². The van der Waals surface area contributed by atoms with Crippen LogP contribution in [0.15, 0.2) is 24.3 Å². The number of aromatic nitrogens is 2. The highest BCUT2D eigenvalue weighted by Crippen LogP contribution is 2.33. The molecular weight excluding hydrogens is 398 g/mol. The quantitative estimate of drug-likeness (QED) is 0.606. The molecule has 2 amide bonds. The highest BCUT2D eigenvalue weighted by atomic mass is 35.5. The lowest BCUT2D eigenvalue weighted by Crippen LogP contribution is -2.30. The van der Waals surface area contributed by atoms with Gasteiger partial charge in [-0.05, 0) is 41.6 Å². The van der Waals surface area contributed by atoms with Crippen LogP contribution >= 0.6 is 23.7 Å². The fraction of sp³-hybridized carbons (Fsp3) is 0.316. The van der Waals surface area contributed by atoms with Crippen LogP contribution in [0.25, 0.3) is 10.1 Å². The van der Waals surface area contributed by atoms with E-state index in [-0.39, 0.29) is 24.2 Å². The van der Waals surface area contributed by atoms with E-state index in [1.807, 2.05) is 28.9 Å². The fourth-order valence-corrected chi connectivity index (χ4v) is 4.86. The summed E-state index contributed by atoms with van der Waals surface area (Å²) in [6.07, 6.45) is 0.806. The summed E-state index contributed by atoms with van der Waals surface area (Å²) < 4.78 is 3.04. The Balaban J connectivity index is 0.00000192. The first-order valence-corrected chi connectivity index (χ1v) is 9.89. The predicted octanol–water partition coefficient (Wildman–Crippen LogP) is 1.84. The van der Waals surface area contributed by atoms with E-state index in [4.69, 9.17) is 0 Å². The Hall–Kier alpha value is -2.42. The molecule has 0 saturated carbocycles. The monoisotopic (exact) mass is 417 g/mol. The molecule has 28 heavy (non-hydrogen) atoms. The number of carbonyl (C=O) groups excluding carboxylic acids is 2. The zero-order valence-corrected chi connectivity index (χ0v) is 16.7. The maximum Gasteiger partial charge on any atom is 0.261 e. The van der Waals surface area contributed by atoms with Gasteiger partial charge in [-0.25, -0.2) is 0 Å². The van der Waals surface area contributed by atoms with Crippen molar-refractivity contribution in [1.29, 1.82) is 0 Å². The van der Waals surface area contributed by atoms with Crippen molar-refractivity contribution in [3.63, 3.8) is 0 Å². The van der Waals surface area contributed by atoms with Gasteiger partial charge in [-0.2, -0.15) is 5.10 Å². The van der Waals surface area contributed by atoms with Gasteiger partial charge in [0.1, 0.15) is 0 Å². The third kappa shape index (κ3) is 3.28. The van der Waals surface area contributed by atoms with Crippen molar-refractivity contribution in [2.24, 2.45) is 0 Å². The molecule has 0 bridgehead atoms. The molecule has 0 unspecified atom stereocenters. The standard InChI is InChI=1S/C19H19N5O2S.ClH/c25-18(22-9-12-8-13-10-20-5-6-24(13)23-12)11-1-2-16-15(7-11)14-3-4-21-19(26)17(14)27-16;/h1-2,7-8,20H,3-6,9-10H2,(H,21,26)(H,22,25);1H. The van der Waals surface area contributed by atoms with Gasteiger partial charge in [0.05, 0.1) is 29.4 Å². The van der Waals surface area contributed by atoms with Crippen LogP contribution in [0.4, 0.5) is 0 Å². The number of hydrogen-bond acceptors (Lipinski definition) is 5. The van der Waals surface area contributed by atoms with Crippen LogP contribution in [0.2, 0.25) is 0 Å². The molecular formula is C19H20ClN5O2S. The third-order valence-corrected chi connectivity index (χ3v) is 6.28. The fourth-order valence-electron chi connectivity index (χ4n) is 3.71. The molecule has 146 valence electrons. The van der Waals surface area contributed by atoms with Crippen LogP contribution in [0.1, 0.15) is 37.0 Å². The van der Waals surface area contributed by atoms with Crippen molar-refractivity contribution in [1.82, 2.24) is 25.7 Å². The molecule has 3 N–H and O–H groups in total. The molecule has 0 aliphatic carbocycles. The molecule has 1 aromatic carbocycles. The number of rotatable bonds is 3. The molecule has 3 aromatic rings. The molecule has 7 nitrogen and oxygen atoms in total. The zero-order valence-electron chi connectivity index (χ0n) is 15.1. The highest BCUT2D eigenvalue weighted by Gasteiger charge is 2.22. The van der Waals surface area contributed by atoms with Gasteiger partial charge >= 0.3 is 0 Å². The van der Waals surface area contributed by atoms with Crippen LogP contribution in [0.5, 0.6) is 0 Å². The Kier molecular flexibility index (Phi) is 5.09. The smallest absolute Gasteiger partial charge is 0.261 e. The molecule has 2 aliphatic heterocycles. The highest BCUT2D eigenvalue weighted by molar-refractivity contribution is 7.21. The second-order valence-corrected chi connectivity index (χ2v) is 7.89. The van der Waals surface area contributed by atoms with Gasteiger partial charge in [0.25, 0.3) is 11.8 Å². The lowest BCUT2D eigenvalue weighted by Gasteiger charge is -2.13. The lowest BCUT2D eigenvalue weighted by molar-refractivity contribution is 0.0943. The number of nitrogens with one attached hydrogen (secondary N) is 3. The van der Waals surface area contributed by atoms with Crippen LogP contribution in [0, 0.1) is 0 Å². The molecule has 2 aromatic heterocycles. The van der Waals surface area contributed by atoms with Crippen molar-refractivity contribution in [3.05, 3.63) is 51.7 Å². The summed E-state index contributed by atoms with van der Waals surface area (Å²) in [7, 11) is 0. The number of carbonyl (C=O) groups is 2. The van der Waals surface area contributed by atoms with Crippen LogP contribution < -0.4 is 16.0 Å². The lowest BCUT2D eigenvalue weighted by atomic mass is 10.0. The van der Waals surface area contributed by atoms with Gasteiger partial charge in [-0.1, -0.05) is 0 Å². The number of thiophene rings is 1. The van der Waals surface area contributed by atoms with Crippen LogP contribution in [-0.2, 0) is 26.1 Å². The van der Waals surface area contributed by atoms with Crippen molar-refractivity contribution < 1.29 is 9.59 Å². The van der Waals surface area contributed by atoms with Crippen molar-refractivity contribution in [3.8, 4) is 0 Å². The van der Waals surface area contributed by atoms with E-state index in [0.29, 0.717) is 18.7 Å². The largest absolute Gasteiger partial charge is 0.351 e. The maximum absolute atomic E-state index is 12.6. The Morgan fingerprint density at radius 3 is 3.04 bits per heavy atom. The first kappa shape index (κ1) is 18.9. The molecule has 9 heteroatoms. The van der Waals surface area contributed by atoms with Crippen molar-refractivity contribution >= 4 is 45.6 Å². The third-order valence-electron chi connectivity index (χ3n) is 5.07. The van der Waals surface area contributed by atoms with Gasteiger partial charge in [-0.15, -0.1) is 23.7 Å². The minimum Gasteiger partial charge on any atom is -0.351 e. The van der Waals surface area contributed by atoms with E-state index >= 15 is 0 Å². The molecule has 2 aliphatic rings. The average Bonchev–Trinajstić information content (AvgIpc) is 3.27. The second kappa shape index (κ2) is 7.54. The van der Waals surface area contributed by atoms with E-state index in [1.165, 1.54) is 11.3 Å². The van der Waals surface area contributed by atoms with Crippen molar-refractivity contribution in [2.75, 3.05) is 13.1 Å². The Morgan fingerprint density at radius 1 is 1.29 bits per heavy atom. The topological polar surface area (TPSA) is 88.1 Å². The minimum absolute atomic E-state index is 0. The number of halogens is 1. The van der Waals surface area contributed by atoms with Crippen molar-refractivity contribution in [2.45, 2.75) is 26.1 Å². The number of fused-ring (bicyclic) bond motifs is 4. The number of benzene rings is 1. The van der Waals surface area contributed by atoms with E-state index in [9.17, 15) is 9.59 Å². The van der Waals surface area contributed by atoms with Crippen LogP contribution in [0.3, 0.4) is 0 Å². The molecule has 0 atom stereocenters. The summed E-state index contributed by atoms with van der Waals surface area (Å²) >= 11 is 1.49. The normalized spacial score (nSPS) is 15.4. The Morgan fingerprint density at radius 2 is 2.18 bits per heavy atom. The summed E-state index contributed by atoms with van der Waals surface area (Å²) in [6, 6.07) is 7.69. The van der Waals surface area contributed by atoms with E-state index in [1.54, 1.807) is 0 Å². The van der Waals surface area contributed by atoms with Gasteiger partial charge in [0.15, 0.2) is 0 Å². The first-order chi connectivity index (χ1) is 13.2. The SMILES string of the molecule is Cl.O=C(NCc1cc2n(n1)CCNC2)c1ccc2sc3c(c2c1)CCNC3=O. The Labute approximate surface area is 171 Å². The summed E-state index contributed by atoms with van der Waals surface area (Å²) in [4.78, 5) is 25.4. The molecule has 5 rings (SSSR count). The Bertz CT molecular complexity index is 1050. The van der Waals surface area contributed by atoms with Gasteiger partial charge in [0, 0.05) is 29.9 Å². The molecule has 0 fully saturated rings. The molecule has 0 radical (unpaired) electrons. The van der Waals surface area contributed by atoms with Gasteiger partial charge in [-0.3, -0.25) is 14.3 Å². The second-order valence-electron chi connectivity index (χ2n) is 6.84. The summed E-state index contributed by atoms with van der Waals surface area (Å²) in [6.45, 7) is 3.64. The van der Waals surface area contributed by atoms with Gasteiger partial charge < -0.3 is 16.0 Å². The molecule has 0 spiro atoms. The molecule has 4 heterocycles. The zero-order chi connectivity index (χ0) is 18.4. The summed E-state index contributed by atoms with van der Waals surface area (Å²) in [5, 5.41) is 14.7. The number of hydrogen-bond donors (Lipinski definition) is 3. The number of amides is 2. The predicted molar refractivity (Wildman–Crippen MR) is 110 cm³/mol. The summed E-state index contributed by atoms with van der Waals surface area (Å²) in [5.41, 5.74) is 3.69. The van der Waals surface area contributed by atoms with Crippen LogP contribution in [-0.4, -0.2) is 34.7 Å². The minimum atomic E-state index is -0.124. The molecule has 0 saturated heterocycles. The van der Waals surface area contributed by atoms with E-state index < -0.39 is 0 Å². The first-order valence-electron chi connectivity index (χ1n) is 9.07. The van der Waals surface area contributed by atoms with E-state index in [0.717, 1.165) is 58.0 Å².